The van der Waals surface area contributed by atoms with Gasteiger partial charge in [0.1, 0.15) is 11.5 Å². The quantitative estimate of drug-likeness (QED) is 0.456. The molecule has 0 atom stereocenters. The topological polar surface area (TPSA) is 72.8 Å². The van der Waals surface area contributed by atoms with Crippen molar-refractivity contribution in [3.05, 3.63) is 23.8 Å². The number of methoxy groups -OCH3 is 1. The number of phenolic OH excluding ortho intramolecular Hbond substituents is 1. The number of rotatable bonds is 7. The summed E-state index contributed by atoms with van der Waals surface area (Å²) in [5, 5.41) is 9.43. The number of ether oxygens (including phenoxy) is 2. The van der Waals surface area contributed by atoms with Crippen molar-refractivity contribution >= 4 is 12.3 Å². The molecule has 0 saturated heterocycles. The van der Waals surface area contributed by atoms with Gasteiger partial charge in [0.15, 0.2) is 6.29 Å². The van der Waals surface area contributed by atoms with Gasteiger partial charge in [-0.3, -0.25) is 9.59 Å². The van der Waals surface area contributed by atoms with Crippen LogP contribution in [0.1, 0.15) is 29.6 Å². The molecule has 0 radical (unpaired) electrons. The summed E-state index contributed by atoms with van der Waals surface area (Å²) < 4.78 is 9.88. The fourth-order valence-electron chi connectivity index (χ4n) is 1.38. The lowest BCUT2D eigenvalue weighted by Crippen LogP contribution is -2.02. The van der Waals surface area contributed by atoms with Gasteiger partial charge in [-0.05, 0) is 25.0 Å². The second-order valence-corrected chi connectivity index (χ2v) is 3.72. The number of hydrogen-bond acceptors (Lipinski definition) is 5. The largest absolute Gasteiger partial charge is 0.507 e. The van der Waals surface area contributed by atoms with Crippen LogP contribution in [0, 0.1) is 0 Å². The molecule has 0 aromatic heterocycles. The molecular weight excluding hydrogens is 236 g/mol. The predicted octanol–water partition coefficient (Wildman–Crippen LogP) is 1.93. The molecule has 5 heteroatoms. The van der Waals surface area contributed by atoms with Crippen molar-refractivity contribution in [2.24, 2.45) is 0 Å². The van der Waals surface area contributed by atoms with Gasteiger partial charge >= 0.3 is 5.97 Å². The Hall–Kier alpha value is -2.04. The van der Waals surface area contributed by atoms with Crippen molar-refractivity contribution in [3.63, 3.8) is 0 Å². The van der Waals surface area contributed by atoms with E-state index in [9.17, 15) is 14.7 Å². The third kappa shape index (κ3) is 4.45. The first-order chi connectivity index (χ1) is 8.67. The molecule has 0 aliphatic rings. The first-order valence-electron chi connectivity index (χ1n) is 5.65. The van der Waals surface area contributed by atoms with Gasteiger partial charge < -0.3 is 14.6 Å². The summed E-state index contributed by atoms with van der Waals surface area (Å²) in [6, 6.07) is 4.50. The van der Waals surface area contributed by atoms with E-state index in [1.54, 1.807) is 6.07 Å². The number of benzene rings is 1. The molecule has 0 aliphatic heterocycles. The third-order valence-electron chi connectivity index (χ3n) is 2.40. The lowest BCUT2D eigenvalue weighted by Gasteiger charge is -2.07. The van der Waals surface area contributed by atoms with Gasteiger partial charge in [0.25, 0.3) is 0 Å². The number of aldehydes is 1. The van der Waals surface area contributed by atoms with Crippen LogP contribution in [0.4, 0.5) is 0 Å². The average Bonchev–Trinajstić information content (AvgIpc) is 2.38. The predicted molar refractivity (Wildman–Crippen MR) is 64.9 cm³/mol. The standard InChI is InChI=1S/C13H16O5/c1-17-13(16)4-2-3-7-18-11-6-5-10(9-14)12(15)8-11/h5-6,8-9,15H,2-4,7H2,1H3. The number of esters is 1. The van der Waals surface area contributed by atoms with Crippen LogP contribution in [0.3, 0.4) is 0 Å². The highest BCUT2D eigenvalue weighted by Gasteiger charge is 2.03. The first kappa shape index (κ1) is 14.0. The molecule has 0 unspecified atom stereocenters. The maximum Gasteiger partial charge on any atom is 0.305 e. The lowest BCUT2D eigenvalue weighted by molar-refractivity contribution is -0.140. The monoisotopic (exact) mass is 252 g/mol. The van der Waals surface area contributed by atoms with Crippen LogP contribution in [-0.4, -0.2) is 31.1 Å². The van der Waals surface area contributed by atoms with Gasteiger partial charge in [-0.25, -0.2) is 0 Å². The van der Waals surface area contributed by atoms with Crippen molar-refractivity contribution in [2.45, 2.75) is 19.3 Å². The van der Waals surface area contributed by atoms with E-state index in [4.69, 9.17) is 4.74 Å². The van der Waals surface area contributed by atoms with E-state index in [0.29, 0.717) is 37.9 Å². The maximum atomic E-state index is 10.8. The van der Waals surface area contributed by atoms with Crippen molar-refractivity contribution in [1.82, 2.24) is 0 Å². The number of unbranched alkanes of at least 4 members (excludes halogenated alkanes) is 1. The van der Waals surface area contributed by atoms with E-state index in [0.717, 1.165) is 0 Å². The van der Waals surface area contributed by atoms with Gasteiger partial charge in [0.2, 0.25) is 0 Å². The van der Waals surface area contributed by atoms with Gasteiger partial charge in [-0.1, -0.05) is 0 Å². The Labute approximate surface area is 105 Å². The first-order valence-corrected chi connectivity index (χ1v) is 5.65. The van der Waals surface area contributed by atoms with Crippen LogP contribution in [-0.2, 0) is 9.53 Å². The zero-order valence-electron chi connectivity index (χ0n) is 10.2. The minimum Gasteiger partial charge on any atom is -0.507 e. The van der Waals surface area contributed by atoms with E-state index in [1.807, 2.05) is 0 Å². The van der Waals surface area contributed by atoms with E-state index in [-0.39, 0.29) is 17.3 Å². The maximum absolute atomic E-state index is 10.8. The number of phenols is 1. The summed E-state index contributed by atoms with van der Waals surface area (Å²) in [7, 11) is 1.36. The molecule has 1 rings (SSSR count). The number of hydrogen-bond donors (Lipinski definition) is 1. The fourth-order valence-corrected chi connectivity index (χ4v) is 1.38. The molecule has 98 valence electrons. The van der Waals surface area contributed by atoms with Gasteiger partial charge in [-0.15, -0.1) is 0 Å². The van der Waals surface area contributed by atoms with Crippen molar-refractivity contribution in [2.75, 3.05) is 13.7 Å². The molecule has 0 saturated carbocycles. The van der Waals surface area contributed by atoms with E-state index in [2.05, 4.69) is 4.74 Å². The van der Waals surface area contributed by atoms with E-state index in [1.165, 1.54) is 19.2 Å². The minimum atomic E-state index is -0.233. The zero-order chi connectivity index (χ0) is 13.4. The number of aromatic hydroxyl groups is 1. The minimum absolute atomic E-state index is 0.0999. The Morgan fingerprint density at radius 3 is 2.78 bits per heavy atom. The van der Waals surface area contributed by atoms with Crippen LogP contribution in [0.5, 0.6) is 11.5 Å². The molecule has 5 nitrogen and oxygen atoms in total. The SMILES string of the molecule is COC(=O)CCCCOc1ccc(C=O)c(O)c1. The van der Waals surface area contributed by atoms with Crippen LogP contribution < -0.4 is 4.74 Å². The molecule has 0 bridgehead atoms. The van der Waals surface area contributed by atoms with Crippen molar-refractivity contribution in [3.8, 4) is 11.5 Å². The molecular formula is C13H16O5. The lowest BCUT2D eigenvalue weighted by atomic mass is 10.2. The summed E-state index contributed by atoms with van der Waals surface area (Å²) in [6.07, 6.45) is 2.35. The molecule has 1 aromatic rings. The zero-order valence-corrected chi connectivity index (χ0v) is 10.2. The molecule has 1 aromatic carbocycles. The number of carbonyl (C=O) groups is 2. The summed E-state index contributed by atoms with van der Waals surface area (Å²) in [5.74, 6) is 0.163. The Bertz CT molecular complexity index is 414. The van der Waals surface area contributed by atoms with Gasteiger partial charge in [0, 0.05) is 12.5 Å². The highest BCUT2D eigenvalue weighted by molar-refractivity contribution is 5.79. The summed E-state index contributed by atoms with van der Waals surface area (Å²) >= 11 is 0. The van der Waals surface area contributed by atoms with Gasteiger partial charge in [-0.2, -0.15) is 0 Å². The molecule has 0 aliphatic carbocycles. The second-order valence-electron chi connectivity index (χ2n) is 3.72. The van der Waals surface area contributed by atoms with E-state index >= 15 is 0 Å². The van der Waals surface area contributed by atoms with Crippen molar-refractivity contribution < 1.29 is 24.2 Å². The van der Waals surface area contributed by atoms with E-state index < -0.39 is 0 Å². The highest BCUT2D eigenvalue weighted by atomic mass is 16.5. The van der Waals surface area contributed by atoms with Crippen LogP contribution >= 0.6 is 0 Å². The fraction of sp³-hybridized carbons (Fsp3) is 0.385. The average molecular weight is 252 g/mol. The van der Waals surface area contributed by atoms with Crippen LogP contribution in [0.2, 0.25) is 0 Å². The Kier molecular flexibility index (Phi) is 5.70. The summed E-state index contributed by atoms with van der Waals surface area (Å²) in [4.78, 5) is 21.3. The molecule has 0 heterocycles. The second kappa shape index (κ2) is 7.32. The van der Waals surface area contributed by atoms with Crippen molar-refractivity contribution in [1.29, 1.82) is 0 Å². The van der Waals surface area contributed by atoms with Crippen LogP contribution in [0.25, 0.3) is 0 Å². The third-order valence-corrected chi connectivity index (χ3v) is 2.40. The Balaban J connectivity index is 2.29. The molecule has 18 heavy (non-hydrogen) atoms. The summed E-state index contributed by atoms with van der Waals surface area (Å²) in [6.45, 7) is 0.441. The molecule has 0 amide bonds. The molecule has 0 fully saturated rings. The highest BCUT2D eigenvalue weighted by Crippen LogP contribution is 2.22. The molecule has 0 spiro atoms. The number of carbonyl (C=O) groups excluding carboxylic acids is 2. The smallest absolute Gasteiger partial charge is 0.305 e. The summed E-state index contributed by atoms with van der Waals surface area (Å²) in [5.41, 5.74) is 0.230. The molecule has 1 N–H and O–H groups in total. The van der Waals surface area contributed by atoms with Gasteiger partial charge in [0.05, 0.1) is 19.3 Å². The Morgan fingerprint density at radius 1 is 1.39 bits per heavy atom. The normalized spacial score (nSPS) is 9.83. The Morgan fingerprint density at radius 2 is 2.17 bits per heavy atom. The van der Waals surface area contributed by atoms with Crippen LogP contribution in [0.15, 0.2) is 18.2 Å².